The predicted molar refractivity (Wildman–Crippen MR) is 89.8 cm³/mol. The topological polar surface area (TPSA) is 40.6 Å². The first kappa shape index (κ1) is 15.8. The van der Waals surface area contributed by atoms with Crippen LogP contribution in [-0.4, -0.2) is 46.8 Å². The van der Waals surface area contributed by atoms with Crippen LogP contribution in [0.5, 0.6) is 0 Å². The number of benzene rings is 1. The second-order valence-electron chi connectivity index (χ2n) is 6.37. The van der Waals surface area contributed by atoms with Crippen LogP contribution in [0.25, 0.3) is 0 Å². The lowest BCUT2D eigenvalue weighted by Crippen LogP contribution is -2.53. The van der Waals surface area contributed by atoms with Crippen LogP contribution < -0.4 is 0 Å². The fraction of sp³-hybridized carbons (Fsp3) is 0.474. The van der Waals surface area contributed by atoms with E-state index in [-0.39, 0.29) is 23.9 Å². The minimum absolute atomic E-state index is 0.176. The van der Waals surface area contributed by atoms with Crippen LogP contribution in [-0.2, 0) is 16.0 Å². The van der Waals surface area contributed by atoms with Gasteiger partial charge in [-0.3, -0.25) is 9.59 Å². The molecule has 3 rings (SSSR count). The number of piperidine rings is 1. The molecular weight excluding hydrogens is 288 g/mol. The van der Waals surface area contributed by atoms with Gasteiger partial charge < -0.3 is 9.80 Å². The zero-order valence-corrected chi connectivity index (χ0v) is 13.5. The van der Waals surface area contributed by atoms with Gasteiger partial charge in [-0.1, -0.05) is 36.4 Å². The highest BCUT2D eigenvalue weighted by Gasteiger charge is 2.44. The summed E-state index contributed by atoms with van der Waals surface area (Å²) in [6, 6.07) is 10.5. The summed E-state index contributed by atoms with van der Waals surface area (Å²) >= 11 is 0. The maximum atomic E-state index is 12.6. The molecule has 0 aliphatic carbocycles. The van der Waals surface area contributed by atoms with E-state index in [0.717, 1.165) is 25.8 Å². The molecule has 0 radical (unpaired) electrons. The van der Waals surface area contributed by atoms with Crippen LogP contribution in [0.4, 0.5) is 0 Å². The van der Waals surface area contributed by atoms with Crippen molar-refractivity contribution in [1.29, 1.82) is 0 Å². The lowest BCUT2D eigenvalue weighted by molar-refractivity contribution is -0.141. The highest BCUT2D eigenvalue weighted by atomic mass is 16.2. The Labute approximate surface area is 137 Å². The second kappa shape index (κ2) is 6.99. The Bertz CT molecular complexity index is 584. The van der Waals surface area contributed by atoms with E-state index in [0.29, 0.717) is 19.4 Å². The first-order valence-electron chi connectivity index (χ1n) is 8.44. The Morgan fingerprint density at radius 2 is 2.00 bits per heavy atom. The van der Waals surface area contributed by atoms with Gasteiger partial charge in [-0.05, 0) is 24.8 Å². The molecule has 122 valence electrons. The summed E-state index contributed by atoms with van der Waals surface area (Å²) in [7, 11) is 0. The Morgan fingerprint density at radius 3 is 2.74 bits per heavy atom. The normalized spacial score (nSPS) is 23.7. The zero-order valence-electron chi connectivity index (χ0n) is 13.5. The molecule has 2 aliphatic rings. The molecule has 2 fully saturated rings. The lowest BCUT2D eigenvalue weighted by Gasteiger charge is -2.39. The molecule has 0 saturated carbocycles. The minimum Gasteiger partial charge on any atom is -0.338 e. The third kappa shape index (κ3) is 3.31. The first-order valence-corrected chi connectivity index (χ1v) is 8.44. The van der Waals surface area contributed by atoms with E-state index < -0.39 is 0 Å². The zero-order chi connectivity index (χ0) is 16.2. The highest BCUT2D eigenvalue weighted by molar-refractivity contribution is 5.80. The van der Waals surface area contributed by atoms with E-state index in [4.69, 9.17) is 0 Å². The maximum Gasteiger partial charge on any atom is 0.223 e. The summed E-state index contributed by atoms with van der Waals surface area (Å²) in [5.74, 6) is 0.416. The molecule has 0 N–H and O–H groups in total. The van der Waals surface area contributed by atoms with Crippen molar-refractivity contribution in [3.63, 3.8) is 0 Å². The number of carbonyl (C=O) groups is 2. The van der Waals surface area contributed by atoms with Crippen LogP contribution in [0.2, 0.25) is 0 Å². The maximum absolute atomic E-state index is 12.6. The molecule has 2 saturated heterocycles. The summed E-state index contributed by atoms with van der Waals surface area (Å²) in [5, 5.41) is 0. The first-order chi connectivity index (χ1) is 11.2. The van der Waals surface area contributed by atoms with Gasteiger partial charge in [0, 0.05) is 25.9 Å². The summed E-state index contributed by atoms with van der Waals surface area (Å²) < 4.78 is 0. The molecule has 0 unspecified atom stereocenters. The van der Waals surface area contributed by atoms with Gasteiger partial charge in [0.1, 0.15) is 0 Å². The molecule has 2 heterocycles. The average molecular weight is 312 g/mol. The molecule has 2 aliphatic heterocycles. The summed E-state index contributed by atoms with van der Waals surface area (Å²) in [4.78, 5) is 28.6. The minimum atomic E-state index is 0.176. The van der Waals surface area contributed by atoms with Gasteiger partial charge in [-0.25, -0.2) is 0 Å². The van der Waals surface area contributed by atoms with Crippen molar-refractivity contribution in [1.82, 2.24) is 9.80 Å². The van der Waals surface area contributed by atoms with Crippen LogP contribution in [0.1, 0.15) is 31.2 Å². The van der Waals surface area contributed by atoms with E-state index in [1.165, 1.54) is 5.56 Å². The monoisotopic (exact) mass is 312 g/mol. The van der Waals surface area contributed by atoms with Crippen molar-refractivity contribution in [2.75, 3.05) is 13.1 Å². The van der Waals surface area contributed by atoms with E-state index in [2.05, 4.69) is 18.7 Å². The highest BCUT2D eigenvalue weighted by Crippen LogP contribution is 2.31. The molecule has 23 heavy (non-hydrogen) atoms. The van der Waals surface area contributed by atoms with Crippen LogP contribution in [0.15, 0.2) is 43.0 Å². The lowest BCUT2D eigenvalue weighted by atomic mass is 9.96. The third-order valence-electron chi connectivity index (χ3n) is 5.00. The number of hydrogen-bond acceptors (Lipinski definition) is 2. The van der Waals surface area contributed by atoms with Gasteiger partial charge in [0.25, 0.3) is 0 Å². The molecule has 4 nitrogen and oxygen atoms in total. The second-order valence-corrected chi connectivity index (χ2v) is 6.37. The fourth-order valence-corrected chi connectivity index (χ4v) is 3.87. The summed E-state index contributed by atoms with van der Waals surface area (Å²) in [5.41, 5.74) is 1.20. The summed E-state index contributed by atoms with van der Waals surface area (Å²) in [6.07, 6.45) is 5.33. The third-order valence-corrected chi connectivity index (χ3v) is 5.00. The van der Waals surface area contributed by atoms with E-state index in [1.807, 2.05) is 28.0 Å². The molecule has 2 atom stereocenters. The van der Waals surface area contributed by atoms with Gasteiger partial charge >= 0.3 is 0 Å². The van der Waals surface area contributed by atoms with Crippen molar-refractivity contribution >= 4 is 11.8 Å². The van der Waals surface area contributed by atoms with Crippen LogP contribution in [0, 0.1) is 0 Å². The van der Waals surface area contributed by atoms with Crippen molar-refractivity contribution in [2.45, 2.75) is 44.2 Å². The van der Waals surface area contributed by atoms with Crippen LogP contribution in [0.3, 0.4) is 0 Å². The van der Waals surface area contributed by atoms with Gasteiger partial charge in [0.15, 0.2) is 0 Å². The largest absolute Gasteiger partial charge is 0.338 e. The van der Waals surface area contributed by atoms with Gasteiger partial charge in [0.05, 0.1) is 12.1 Å². The van der Waals surface area contributed by atoms with Crippen molar-refractivity contribution < 1.29 is 9.59 Å². The molecule has 1 aromatic carbocycles. The molecule has 1 aromatic rings. The molecule has 0 bridgehead atoms. The molecule has 2 amide bonds. The SMILES string of the molecule is C=CCN1C(=O)CC[C@@H]2[C@H]1CCN2C(=O)CCc1ccccc1. The Balaban J connectivity index is 1.62. The molecular formula is C19H24N2O2. The Hall–Kier alpha value is -2.10. The van der Waals surface area contributed by atoms with Gasteiger partial charge in [-0.2, -0.15) is 0 Å². The Morgan fingerprint density at radius 1 is 1.22 bits per heavy atom. The van der Waals surface area contributed by atoms with E-state index in [1.54, 1.807) is 6.08 Å². The standard InChI is InChI=1S/C19H24N2O2/c1-2-13-20-17-12-14-21(16(17)9-11-19(20)23)18(22)10-8-15-6-4-3-5-7-15/h2-7,16-17H,1,8-14H2/t16-,17-/m1/s1. The van der Waals surface area contributed by atoms with Gasteiger partial charge in [-0.15, -0.1) is 6.58 Å². The van der Waals surface area contributed by atoms with Crippen molar-refractivity contribution in [3.8, 4) is 0 Å². The number of amides is 2. The van der Waals surface area contributed by atoms with E-state index in [9.17, 15) is 9.59 Å². The number of likely N-dealkylation sites (tertiary alicyclic amines) is 2. The van der Waals surface area contributed by atoms with Crippen molar-refractivity contribution in [3.05, 3.63) is 48.6 Å². The smallest absolute Gasteiger partial charge is 0.223 e. The predicted octanol–water partition coefficient (Wildman–Crippen LogP) is 2.40. The number of nitrogens with zero attached hydrogens (tertiary/aromatic N) is 2. The molecule has 0 aromatic heterocycles. The quantitative estimate of drug-likeness (QED) is 0.783. The van der Waals surface area contributed by atoms with E-state index >= 15 is 0 Å². The van der Waals surface area contributed by atoms with Crippen molar-refractivity contribution in [2.24, 2.45) is 0 Å². The molecule has 0 spiro atoms. The van der Waals surface area contributed by atoms with Gasteiger partial charge in [0.2, 0.25) is 11.8 Å². The number of hydrogen-bond donors (Lipinski definition) is 0. The number of aryl methyl sites for hydroxylation is 1. The molecule has 4 heteroatoms. The van der Waals surface area contributed by atoms with Crippen LogP contribution >= 0.6 is 0 Å². The average Bonchev–Trinajstić information content (AvgIpc) is 3.00. The summed E-state index contributed by atoms with van der Waals surface area (Å²) in [6.45, 7) is 5.10. The Kier molecular flexibility index (Phi) is 4.79. The number of fused-ring (bicyclic) bond motifs is 1. The fourth-order valence-electron chi connectivity index (χ4n) is 3.87. The number of carbonyl (C=O) groups excluding carboxylic acids is 2. The number of rotatable bonds is 5.